The molecule has 0 N–H and O–H groups in total. The highest BCUT2D eigenvalue weighted by atomic mass is 15.0. The van der Waals surface area contributed by atoms with E-state index in [9.17, 15) is 0 Å². The van der Waals surface area contributed by atoms with E-state index in [0.29, 0.717) is 0 Å². The van der Waals surface area contributed by atoms with E-state index in [1.54, 1.807) is 0 Å². The van der Waals surface area contributed by atoms with Crippen molar-refractivity contribution in [1.29, 1.82) is 0 Å². The average molecular weight is 579 g/mol. The Kier molecular flexibility index (Phi) is 7.33. The van der Waals surface area contributed by atoms with E-state index < -0.39 is 0 Å². The quantitative estimate of drug-likeness (QED) is 0.190. The summed E-state index contributed by atoms with van der Waals surface area (Å²) in [5, 5.41) is 5.48. The van der Waals surface area contributed by atoms with Crippen LogP contribution in [0.25, 0.3) is 84.4 Å². The van der Waals surface area contributed by atoms with Gasteiger partial charge in [-0.2, -0.15) is 0 Å². The summed E-state index contributed by atoms with van der Waals surface area (Å²) < 4.78 is 2.30. The van der Waals surface area contributed by atoms with Gasteiger partial charge in [-0.15, -0.1) is 0 Å². The van der Waals surface area contributed by atoms with Gasteiger partial charge in [0.2, 0.25) is 0 Å². The molecule has 0 amide bonds. The van der Waals surface area contributed by atoms with E-state index in [1.807, 2.05) is 32.1 Å². The molecule has 0 aliphatic rings. The molecule has 8 aromatic rings. The van der Waals surface area contributed by atoms with Crippen LogP contribution >= 0.6 is 0 Å². The van der Waals surface area contributed by atoms with Gasteiger partial charge in [-0.25, -0.2) is 4.98 Å². The Labute approximate surface area is 263 Å². The van der Waals surface area contributed by atoms with Gasteiger partial charge in [-0.3, -0.25) is 4.40 Å². The van der Waals surface area contributed by atoms with Gasteiger partial charge in [0.05, 0.1) is 16.6 Å². The van der Waals surface area contributed by atoms with Crippen LogP contribution in [0.3, 0.4) is 0 Å². The summed E-state index contributed by atoms with van der Waals surface area (Å²) in [6, 6.07) is 47.6. The lowest BCUT2D eigenvalue weighted by atomic mass is 9.96. The lowest BCUT2D eigenvalue weighted by molar-refractivity contribution is 1.31. The number of imidazole rings is 1. The third kappa shape index (κ3) is 4.81. The maximum absolute atomic E-state index is 5.13. The van der Waals surface area contributed by atoms with Gasteiger partial charge in [0.15, 0.2) is 0 Å². The highest BCUT2D eigenvalue weighted by molar-refractivity contribution is 6.14. The molecule has 0 bridgehead atoms. The van der Waals surface area contributed by atoms with E-state index in [2.05, 4.69) is 145 Å². The van der Waals surface area contributed by atoms with Gasteiger partial charge in [0.25, 0.3) is 0 Å². The maximum Gasteiger partial charge on any atom is 0.147 e. The minimum Gasteiger partial charge on any atom is -0.292 e. The molecule has 216 valence electrons. The molecule has 0 radical (unpaired) electrons. The van der Waals surface area contributed by atoms with Crippen molar-refractivity contribution in [3.63, 3.8) is 0 Å². The van der Waals surface area contributed by atoms with Crippen LogP contribution in [0.5, 0.6) is 0 Å². The average Bonchev–Trinajstić information content (AvgIpc) is 3.50. The predicted molar refractivity (Wildman–Crippen MR) is 195 cm³/mol. The van der Waals surface area contributed by atoms with Crippen LogP contribution in [0.15, 0.2) is 146 Å². The molecular weight excluding hydrogens is 544 g/mol. The van der Waals surface area contributed by atoms with E-state index in [-0.39, 0.29) is 0 Å². The number of benzene rings is 6. The predicted octanol–water partition coefficient (Wildman–Crippen LogP) is 10.2. The van der Waals surface area contributed by atoms with Crippen molar-refractivity contribution >= 4 is 51.0 Å². The smallest absolute Gasteiger partial charge is 0.147 e. The molecule has 0 spiro atoms. The van der Waals surface area contributed by atoms with Crippen molar-refractivity contribution in [2.24, 2.45) is 0 Å². The van der Waals surface area contributed by atoms with Crippen molar-refractivity contribution in [1.82, 2.24) is 9.38 Å². The van der Waals surface area contributed by atoms with Gasteiger partial charge in [0.1, 0.15) is 5.65 Å². The number of pyridine rings is 1. The van der Waals surface area contributed by atoms with E-state index in [1.165, 1.54) is 44.2 Å². The minimum atomic E-state index is 0.939. The number of nitrogens with zero attached hydrogens (tertiary/aromatic N) is 2. The van der Waals surface area contributed by atoms with Crippen LogP contribution in [0.1, 0.15) is 13.8 Å². The zero-order valence-corrected chi connectivity index (χ0v) is 25.7. The van der Waals surface area contributed by atoms with Crippen LogP contribution in [0, 0.1) is 0 Å². The van der Waals surface area contributed by atoms with Crippen LogP contribution in [-0.4, -0.2) is 9.38 Å². The monoisotopic (exact) mass is 578 g/mol. The number of rotatable bonds is 4. The van der Waals surface area contributed by atoms with Crippen LogP contribution in [0.2, 0.25) is 0 Å². The molecule has 8 rings (SSSR count). The number of hydrogen-bond donors (Lipinski definition) is 0. The number of fused-ring (bicyclic) bond motifs is 8. The summed E-state index contributed by atoms with van der Waals surface area (Å²) in [5.41, 5.74) is 11.4. The first kappa shape index (κ1) is 28.1. The molecule has 0 saturated carbocycles. The summed E-state index contributed by atoms with van der Waals surface area (Å²) >= 11 is 0. The Bertz CT molecular complexity index is 2450. The lowest BCUT2D eigenvalue weighted by Gasteiger charge is -2.12. The Hall–Kier alpha value is -5.73. The number of aromatic nitrogens is 2. The van der Waals surface area contributed by atoms with Crippen molar-refractivity contribution in [2.45, 2.75) is 13.8 Å². The molecule has 0 fully saturated rings. The molecular formula is C43H34N2. The van der Waals surface area contributed by atoms with Gasteiger partial charge in [-0.1, -0.05) is 154 Å². The molecule has 2 heteroatoms. The van der Waals surface area contributed by atoms with Crippen molar-refractivity contribution in [3.05, 3.63) is 157 Å². The first-order valence-corrected chi connectivity index (χ1v) is 15.5. The van der Waals surface area contributed by atoms with Gasteiger partial charge in [0, 0.05) is 10.8 Å². The van der Waals surface area contributed by atoms with Crippen molar-refractivity contribution in [2.75, 3.05) is 0 Å². The second-order valence-corrected chi connectivity index (χ2v) is 11.0. The highest BCUT2D eigenvalue weighted by Gasteiger charge is 2.15. The molecule has 2 aromatic heterocycles. The van der Waals surface area contributed by atoms with Gasteiger partial charge < -0.3 is 0 Å². The SMILES string of the molecule is C=C/C=c1\c(=C)ccc2c3ccc(-c4ccc(-c5ccc(-c6ccccc6)cc5)cc4)cc3n3c4ccccc4nc3c12.CC. The third-order valence-electron chi connectivity index (χ3n) is 8.48. The first-order valence-electron chi connectivity index (χ1n) is 15.5. The van der Waals surface area contributed by atoms with E-state index in [0.717, 1.165) is 38.0 Å². The van der Waals surface area contributed by atoms with Crippen molar-refractivity contribution < 1.29 is 0 Å². The normalized spacial score (nSPS) is 11.6. The molecule has 0 aliphatic heterocycles. The second kappa shape index (κ2) is 11.7. The molecule has 2 nitrogen and oxygen atoms in total. The fraction of sp³-hybridized carbons (Fsp3) is 0.0465. The molecule has 0 atom stereocenters. The zero-order valence-electron chi connectivity index (χ0n) is 25.7. The first-order chi connectivity index (χ1) is 22.2. The second-order valence-electron chi connectivity index (χ2n) is 11.0. The van der Waals surface area contributed by atoms with E-state index in [4.69, 9.17) is 4.98 Å². The molecule has 45 heavy (non-hydrogen) atoms. The van der Waals surface area contributed by atoms with Crippen LogP contribution in [-0.2, 0) is 0 Å². The Balaban J connectivity index is 0.00000160. The Morgan fingerprint density at radius 2 is 1.09 bits per heavy atom. The fourth-order valence-electron chi connectivity index (χ4n) is 6.34. The number of hydrogen-bond acceptors (Lipinski definition) is 1. The molecule has 0 unspecified atom stereocenters. The number of para-hydroxylation sites is 2. The molecule has 0 saturated heterocycles. The summed E-state index contributed by atoms with van der Waals surface area (Å²) in [4.78, 5) is 5.13. The summed E-state index contributed by atoms with van der Waals surface area (Å²) in [6.45, 7) is 12.3. The maximum atomic E-state index is 5.13. The van der Waals surface area contributed by atoms with Crippen LogP contribution in [0.4, 0.5) is 0 Å². The topological polar surface area (TPSA) is 17.3 Å². The lowest BCUT2D eigenvalue weighted by Crippen LogP contribution is -2.24. The summed E-state index contributed by atoms with van der Waals surface area (Å²) in [6.07, 6.45) is 3.87. The number of allylic oxidation sites excluding steroid dienone is 1. The minimum absolute atomic E-state index is 0.939. The highest BCUT2D eigenvalue weighted by Crippen LogP contribution is 2.34. The van der Waals surface area contributed by atoms with Crippen LogP contribution < -0.4 is 10.4 Å². The zero-order chi connectivity index (χ0) is 30.9. The van der Waals surface area contributed by atoms with Gasteiger partial charge in [-0.05, 0) is 67.4 Å². The fourth-order valence-corrected chi connectivity index (χ4v) is 6.34. The van der Waals surface area contributed by atoms with E-state index >= 15 is 0 Å². The Morgan fingerprint density at radius 3 is 1.73 bits per heavy atom. The Morgan fingerprint density at radius 1 is 0.556 bits per heavy atom. The third-order valence-corrected chi connectivity index (χ3v) is 8.48. The standard InChI is InChI=1S/C41H28N2.C2H6/c1-3-9-34-27(2)14-24-36-35-25-23-33(26-39(35)43-38-13-8-7-12-37(38)42-41(43)40(34)36)32-21-19-31(20-22-32)30-17-15-29(16-18-30)28-10-5-4-6-11-28;1-2/h3-26H,1-2H2;1-2H3/b34-9+;. The summed E-state index contributed by atoms with van der Waals surface area (Å²) in [7, 11) is 0. The van der Waals surface area contributed by atoms with Gasteiger partial charge >= 0.3 is 0 Å². The van der Waals surface area contributed by atoms with Crippen molar-refractivity contribution in [3.8, 4) is 33.4 Å². The molecule has 0 aliphatic carbocycles. The molecule has 2 heterocycles. The molecule has 6 aromatic carbocycles. The largest absolute Gasteiger partial charge is 0.292 e. The summed E-state index contributed by atoms with van der Waals surface area (Å²) in [5.74, 6) is 0.